The number of hydrogen-bond donors (Lipinski definition) is 3. The number of ether oxygens (including phenoxy) is 2. The SMILES string of the molecule is Cc1c(C)c([N+](=O)[O-])c(C)c2c1OC(C)(CNc1ccc(-n3ccnc3)cc1)C2.Cc1c(C)c2c(c(C)c1N)CC(C)(CNc1ccc(-n3ccnc3)cc1)O2. The van der Waals surface area contributed by atoms with Gasteiger partial charge >= 0.3 is 0 Å². The number of nitro benzene ring substituents is 1. The van der Waals surface area contributed by atoms with Crippen molar-refractivity contribution in [3.05, 3.63) is 141 Å². The molecule has 4 heterocycles. The highest BCUT2D eigenvalue weighted by Gasteiger charge is 2.40. The second-order valence-corrected chi connectivity index (χ2v) is 15.6. The maximum Gasteiger partial charge on any atom is 0.275 e. The molecule has 6 aromatic rings. The lowest BCUT2D eigenvalue weighted by atomic mass is 9.92. The van der Waals surface area contributed by atoms with Crippen molar-refractivity contribution in [3.8, 4) is 22.9 Å². The number of rotatable bonds is 9. The molecule has 12 nitrogen and oxygen atoms in total. The van der Waals surface area contributed by atoms with Crippen LogP contribution >= 0.6 is 0 Å². The Morgan fingerprint density at radius 1 is 0.679 bits per heavy atom. The summed E-state index contributed by atoms with van der Waals surface area (Å²) >= 11 is 0. The summed E-state index contributed by atoms with van der Waals surface area (Å²) in [6.07, 6.45) is 12.4. The molecule has 4 N–H and O–H groups in total. The molecule has 0 saturated heterocycles. The molecular weight excluding hydrogens is 705 g/mol. The number of fused-ring (bicyclic) bond motifs is 2. The highest BCUT2D eigenvalue weighted by Crippen LogP contribution is 2.46. The highest BCUT2D eigenvalue weighted by molar-refractivity contribution is 5.67. The van der Waals surface area contributed by atoms with Crippen LogP contribution in [0.4, 0.5) is 22.7 Å². The van der Waals surface area contributed by atoms with Crippen molar-refractivity contribution < 1.29 is 14.4 Å². The van der Waals surface area contributed by atoms with E-state index in [-0.39, 0.29) is 16.2 Å². The molecule has 0 aliphatic carbocycles. The number of anilines is 3. The number of nitro groups is 1. The summed E-state index contributed by atoms with van der Waals surface area (Å²) in [6.45, 7) is 17.3. The van der Waals surface area contributed by atoms with Gasteiger partial charge in [-0.2, -0.15) is 0 Å². The van der Waals surface area contributed by atoms with Gasteiger partial charge in [0, 0.05) is 93.9 Å². The Kier molecular flexibility index (Phi) is 10.0. The van der Waals surface area contributed by atoms with E-state index in [1.54, 1.807) is 32.0 Å². The molecule has 290 valence electrons. The fraction of sp³-hybridized carbons (Fsp3) is 0.318. The first-order valence-corrected chi connectivity index (χ1v) is 18.8. The van der Waals surface area contributed by atoms with Crippen LogP contribution in [0.2, 0.25) is 0 Å². The van der Waals surface area contributed by atoms with Gasteiger partial charge in [0.25, 0.3) is 5.69 Å². The number of hydrogen-bond acceptors (Lipinski definition) is 9. The van der Waals surface area contributed by atoms with Gasteiger partial charge in [-0.05, 0) is 121 Å². The van der Waals surface area contributed by atoms with Crippen LogP contribution in [0.5, 0.6) is 11.5 Å². The topological polar surface area (TPSA) is 147 Å². The third-order valence-corrected chi connectivity index (χ3v) is 11.4. The summed E-state index contributed by atoms with van der Waals surface area (Å²) in [4.78, 5) is 19.4. The Bertz CT molecular complexity index is 2350. The van der Waals surface area contributed by atoms with Crippen molar-refractivity contribution in [3.63, 3.8) is 0 Å². The van der Waals surface area contributed by atoms with Crippen molar-refractivity contribution in [2.24, 2.45) is 0 Å². The molecule has 2 aromatic heterocycles. The van der Waals surface area contributed by atoms with Crippen molar-refractivity contribution in [2.75, 3.05) is 29.5 Å². The number of aromatic nitrogens is 4. The molecule has 2 aliphatic heterocycles. The van der Waals surface area contributed by atoms with Crippen LogP contribution in [0.1, 0.15) is 58.4 Å². The summed E-state index contributed by atoms with van der Waals surface area (Å²) < 4.78 is 16.7. The van der Waals surface area contributed by atoms with Crippen molar-refractivity contribution >= 4 is 22.7 Å². The molecule has 0 fully saturated rings. The summed E-state index contributed by atoms with van der Waals surface area (Å²) in [6, 6.07) is 16.4. The molecule has 2 unspecified atom stereocenters. The van der Waals surface area contributed by atoms with Gasteiger partial charge < -0.3 is 35.0 Å². The van der Waals surface area contributed by atoms with E-state index in [0.717, 1.165) is 80.7 Å². The standard InChI is InChI=1S/C22H24N4O3.C22H26N4O/c1-14-15(2)21-19(16(3)20(14)26(27)28)11-22(4,29-21)12-24-17-5-7-18(8-6-17)25-10-9-23-13-25;1-14-15(2)21-19(16(3)20(14)23)11-22(4,27-21)12-25-17-5-7-18(8-6-17)26-10-9-24-13-26/h5-10,13,24H,11-12H2,1-4H3;5-10,13,25H,11-12,23H2,1-4H3. The fourth-order valence-electron chi connectivity index (χ4n) is 7.77. The third kappa shape index (κ3) is 7.26. The number of nitrogens with one attached hydrogen (secondary N) is 2. The van der Waals surface area contributed by atoms with Crippen molar-refractivity contribution in [2.45, 2.75) is 79.4 Å². The molecule has 0 bridgehead atoms. The lowest BCUT2D eigenvalue weighted by Gasteiger charge is -2.25. The zero-order valence-electron chi connectivity index (χ0n) is 33.4. The van der Waals surface area contributed by atoms with Crippen molar-refractivity contribution in [1.29, 1.82) is 0 Å². The van der Waals surface area contributed by atoms with Crippen LogP contribution in [-0.4, -0.2) is 48.3 Å². The van der Waals surface area contributed by atoms with E-state index < -0.39 is 5.60 Å². The van der Waals surface area contributed by atoms with Gasteiger partial charge in [-0.15, -0.1) is 0 Å². The normalized spacial score (nSPS) is 17.9. The quantitative estimate of drug-likeness (QED) is 0.0749. The molecule has 12 heteroatoms. The van der Waals surface area contributed by atoms with Gasteiger partial charge in [0.05, 0.1) is 30.7 Å². The molecule has 2 atom stereocenters. The maximum absolute atomic E-state index is 11.5. The molecule has 0 spiro atoms. The first-order valence-electron chi connectivity index (χ1n) is 18.8. The van der Waals surface area contributed by atoms with Crippen LogP contribution in [0, 0.1) is 51.7 Å². The van der Waals surface area contributed by atoms with Crippen LogP contribution in [0.3, 0.4) is 0 Å². The predicted molar refractivity (Wildman–Crippen MR) is 222 cm³/mol. The Morgan fingerprint density at radius 3 is 1.52 bits per heavy atom. The van der Waals surface area contributed by atoms with Gasteiger partial charge in [-0.3, -0.25) is 10.1 Å². The lowest BCUT2D eigenvalue weighted by molar-refractivity contribution is -0.386. The molecule has 4 aromatic carbocycles. The van der Waals surface area contributed by atoms with Gasteiger partial charge in [0.2, 0.25) is 0 Å². The molecule has 2 aliphatic rings. The second-order valence-electron chi connectivity index (χ2n) is 15.6. The predicted octanol–water partition coefficient (Wildman–Crippen LogP) is 8.70. The zero-order valence-corrected chi connectivity index (χ0v) is 33.4. The Morgan fingerprint density at radius 2 is 1.11 bits per heavy atom. The number of imidazole rings is 2. The second kappa shape index (κ2) is 14.7. The molecule has 56 heavy (non-hydrogen) atoms. The number of benzene rings is 4. The van der Waals surface area contributed by atoms with Crippen LogP contribution in [-0.2, 0) is 12.8 Å². The average Bonchev–Trinajstić information content (AvgIpc) is 4.02. The molecule has 8 rings (SSSR count). The van der Waals surface area contributed by atoms with E-state index in [2.05, 4.69) is 72.6 Å². The smallest absolute Gasteiger partial charge is 0.275 e. The molecular formula is C44H50N8O4. The minimum atomic E-state index is -0.470. The van der Waals surface area contributed by atoms with E-state index >= 15 is 0 Å². The Balaban J connectivity index is 0.000000172. The van der Waals surface area contributed by atoms with Gasteiger partial charge in [-0.25, -0.2) is 9.97 Å². The Labute approximate surface area is 327 Å². The van der Waals surface area contributed by atoms with Gasteiger partial charge in [0.15, 0.2) is 0 Å². The van der Waals surface area contributed by atoms with Gasteiger partial charge in [0.1, 0.15) is 22.7 Å². The van der Waals surface area contributed by atoms with E-state index in [0.29, 0.717) is 24.1 Å². The summed E-state index contributed by atoms with van der Waals surface area (Å²) in [5.74, 6) is 1.81. The fourth-order valence-corrected chi connectivity index (χ4v) is 7.77. The maximum atomic E-state index is 11.5. The summed E-state index contributed by atoms with van der Waals surface area (Å²) in [5.41, 5.74) is 18.7. The molecule has 0 amide bonds. The number of nitrogens with zero attached hydrogens (tertiary/aromatic N) is 5. The zero-order chi connectivity index (χ0) is 39.9. The third-order valence-electron chi connectivity index (χ3n) is 11.4. The van der Waals surface area contributed by atoms with E-state index in [9.17, 15) is 10.1 Å². The van der Waals surface area contributed by atoms with E-state index in [1.165, 1.54) is 5.56 Å². The van der Waals surface area contributed by atoms with E-state index in [4.69, 9.17) is 15.2 Å². The first kappa shape index (κ1) is 38.0. The summed E-state index contributed by atoms with van der Waals surface area (Å²) in [5, 5.41) is 18.5. The van der Waals surface area contributed by atoms with E-state index in [1.807, 2.05) is 66.6 Å². The van der Waals surface area contributed by atoms with Crippen LogP contribution in [0.25, 0.3) is 11.4 Å². The monoisotopic (exact) mass is 754 g/mol. The lowest BCUT2D eigenvalue weighted by Crippen LogP contribution is -2.38. The van der Waals surface area contributed by atoms with Crippen LogP contribution < -0.4 is 25.8 Å². The van der Waals surface area contributed by atoms with Gasteiger partial charge in [-0.1, -0.05) is 0 Å². The first-order chi connectivity index (χ1) is 26.7. The van der Waals surface area contributed by atoms with Crippen LogP contribution in [0.15, 0.2) is 86.0 Å². The molecule has 0 radical (unpaired) electrons. The molecule has 0 saturated carbocycles. The minimum Gasteiger partial charge on any atom is -0.485 e. The minimum absolute atomic E-state index is 0.206. The van der Waals surface area contributed by atoms with Crippen molar-refractivity contribution in [1.82, 2.24) is 19.1 Å². The highest BCUT2D eigenvalue weighted by atomic mass is 16.6. The number of nitrogens with two attached hydrogens (primary N) is 1. The average molecular weight is 755 g/mol. The largest absolute Gasteiger partial charge is 0.485 e. The number of nitrogen functional groups attached to an aromatic ring is 1. The summed E-state index contributed by atoms with van der Waals surface area (Å²) in [7, 11) is 0. The Hall–Kier alpha value is -6.30.